The van der Waals surface area contributed by atoms with Gasteiger partial charge in [0.2, 0.25) is 17.7 Å². The van der Waals surface area contributed by atoms with Gasteiger partial charge >= 0.3 is 0 Å². The van der Waals surface area contributed by atoms with Crippen molar-refractivity contribution in [1.82, 2.24) is 15.5 Å². The third-order valence-corrected chi connectivity index (χ3v) is 4.30. The highest BCUT2D eigenvalue weighted by Gasteiger charge is 2.36. The van der Waals surface area contributed by atoms with E-state index in [2.05, 4.69) is 10.6 Å². The highest BCUT2D eigenvalue weighted by atomic mass is 32.2. The lowest BCUT2D eigenvalue weighted by Crippen LogP contribution is -2.53. The first-order chi connectivity index (χ1) is 10.2. The van der Waals surface area contributed by atoms with Crippen molar-refractivity contribution in [3.8, 4) is 0 Å². The van der Waals surface area contributed by atoms with Crippen molar-refractivity contribution in [3.63, 3.8) is 0 Å². The van der Waals surface area contributed by atoms with Gasteiger partial charge in [0.25, 0.3) is 0 Å². The number of hydrogen-bond donors (Lipinski definition) is 2. The molecule has 0 aromatic heterocycles. The number of rotatable bonds is 5. The molecule has 0 aliphatic carbocycles. The molecule has 1 rings (SSSR count). The summed E-state index contributed by atoms with van der Waals surface area (Å²) in [5, 5.41) is 5.36. The van der Waals surface area contributed by atoms with Gasteiger partial charge in [-0.3, -0.25) is 14.4 Å². The second-order valence-corrected chi connectivity index (χ2v) is 7.74. The first-order valence-corrected chi connectivity index (χ1v) is 8.76. The summed E-state index contributed by atoms with van der Waals surface area (Å²) in [6.45, 7) is 9.99. The molecule has 0 radical (unpaired) electrons. The van der Waals surface area contributed by atoms with E-state index in [0.29, 0.717) is 24.6 Å². The first kappa shape index (κ1) is 18.8. The molecule has 0 spiro atoms. The monoisotopic (exact) mass is 329 g/mol. The highest BCUT2D eigenvalue weighted by Crippen LogP contribution is 2.26. The molecular weight excluding hydrogens is 302 g/mol. The van der Waals surface area contributed by atoms with Gasteiger partial charge < -0.3 is 15.5 Å². The molecule has 0 aromatic rings. The second kappa shape index (κ2) is 7.85. The molecule has 0 unspecified atom stereocenters. The molecule has 3 amide bonds. The predicted molar refractivity (Wildman–Crippen MR) is 88.3 cm³/mol. The largest absolute Gasteiger partial charge is 0.355 e. The minimum Gasteiger partial charge on any atom is -0.355 e. The summed E-state index contributed by atoms with van der Waals surface area (Å²) in [7, 11) is 0. The maximum atomic E-state index is 12.4. The van der Waals surface area contributed by atoms with Gasteiger partial charge in [0.05, 0.1) is 5.88 Å². The van der Waals surface area contributed by atoms with Crippen molar-refractivity contribution in [2.24, 2.45) is 5.41 Å². The van der Waals surface area contributed by atoms with Crippen LogP contribution in [0, 0.1) is 5.41 Å². The number of carbonyl (C=O) groups excluding carboxylic acids is 3. The van der Waals surface area contributed by atoms with E-state index in [9.17, 15) is 14.4 Å². The molecule has 1 heterocycles. The molecule has 1 aliphatic rings. The van der Waals surface area contributed by atoms with Gasteiger partial charge in [-0.05, 0) is 19.3 Å². The van der Waals surface area contributed by atoms with Crippen molar-refractivity contribution < 1.29 is 14.4 Å². The average Bonchev–Trinajstić information content (AvgIpc) is 2.86. The van der Waals surface area contributed by atoms with Crippen LogP contribution in [0.5, 0.6) is 0 Å². The number of likely N-dealkylation sites (N-methyl/N-ethyl adjacent to an activating group) is 1. The van der Waals surface area contributed by atoms with E-state index in [1.807, 2.05) is 27.7 Å². The Morgan fingerprint density at radius 3 is 2.50 bits per heavy atom. The molecule has 2 atom stereocenters. The predicted octanol–water partition coefficient (Wildman–Crippen LogP) is 0.965. The van der Waals surface area contributed by atoms with Crippen LogP contribution in [0.25, 0.3) is 0 Å². The summed E-state index contributed by atoms with van der Waals surface area (Å²) in [5.74, 6) is 0.621. The van der Waals surface area contributed by atoms with E-state index in [4.69, 9.17) is 0 Å². The Labute approximate surface area is 136 Å². The molecule has 0 saturated carbocycles. The second-order valence-electron chi connectivity index (χ2n) is 6.74. The molecule has 2 N–H and O–H groups in total. The smallest absolute Gasteiger partial charge is 0.244 e. The van der Waals surface area contributed by atoms with Crippen LogP contribution < -0.4 is 10.6 Å². The molecule has 0 bridgehead atoms. The number of hydrogen-bond acceptors (Lipinski definition) is 4. The molecule has 1 saturated heterocycles. The van der Waals surface area contributed by atoms with Crippen LogP contribution in [0.2, 0.25) is 0 Å². The minimum absolute atomic E-state index is 0.0108. The zero-order chi connectivity index (χ0) is 16.9. The quantitative estimate of drug-likeness (QED) is 0.788. The normalized spacial score (nSPS) is 19.7. The standard InChI is InChI=1S/C15H27N3O3S/c1-6-16-13(20)10(2)17-14(21)11-8-22-9-18(11)12(19)7-15(3,4)5/h10-11H,6-9H2,1-5H3,(H,16,20)(H,17,21)/t10-,11+/m1/s1. The molecule has 126 valence electrons. The van der Waals surface area contributed by atoms with E-state index >= 15 is 0 Å². The molecule has 0 aromatic carbocycles. The van der Waals surface area contributed by atoms with Gasteiger partial charge in [-0.15, -0.1) is 11.8 Å². The van der Waals surface area contributed by atoms with Gasteiger partial charge in [0, 0.05) is 18.7 Å². The number of nitrogens with zero attached hydrogens (tertiary/aromatic N) is 1. The fourth-order valence-electron chi connectivity index (χ4n) is 2.16. The van der Waals surface area contributed by atoms with Crippen molar-refractivity contribution in [2.75, 3.05) is 18.2 Å². The van der Waals surface area contributed by atoms with Crippen molar-refractivity contribution in [1.29, 1.82) is 0 Å². The Kier molecular flexibility index (Phi) is 6.71. The lowest BCUT2D eigenvalue weighted by atomic mass is 9.91. The van der Waals surface area contributed by atoms with Crippen molar-refractivity contribution in [3.05, 3.63) is 0 Å². The van der Waals surface area contributed by atoms with Gasteiger partial charge in [-0.2, -0.15) is 0 Å². The van der Waals surface area contributed by atoms with Gasteiger partial charge in [0.15, 0.2) is 0 Å². The fraction of sp³-hybridized carbons (Fsp3) is 0.800. The van der Waals surface area contributed by atoms with E-state index in [0.717, 1.165) is 0 Å². The van der Waals surface area contributed by atoms with Crippen molar-refractivity contribution in [2.45, 2.75) is 53.1 Å². The van der Waals surface area contributed by atoms with Gasteiger partial charge in [0.1, 0.15) is 12.1 Å². The van der Waals surface area contributed by atoms with Crippen molar-refractivity contribution >= 4 is 29.5 Å². The Morgan fingerprint density at radius 1 is 1.32 bits per heavy atom. The Bertz CT molecular complexity index is 434. The molecule has 6 nitrogen and oxygen atoms in total. The molecule has 1 fully saturated rings. The SMILES string of the molecule is CCNC(=O)[C@@H](C)NC(=O)[C@@H]1CSCN1C(=O)CC(C)(C)C. The summed E-state index contributed by atoms with van der Waals surface area (Å²) in [6, 6.07) is -1.09. The Morgan fingerprint density at radius 2 is 1.95 bits per heavy atom. The van der Waals surface area contributed by atoms with Crippen LogP contribution in [-0.2, 0) is 14.4 Å². The molecular formula is C15H27N3O3S. The average molecular weight is 329 g/mol. The third-order valence-electron chi connectivity index (χ3n) is 3.29. The maximum absolute atomic E-state index is 12.4. The molecule has 7 heteroatoms. The summed E-state index contributed by atoms with van der Waals surface area (Å²) in [5.41, 5.74) is -0.111. The van der Waals surface area contributed by atoms with E-state index in [-0.39, 0.29) is 23.1 Å². The zero-order valence-corrected chi connectivity index (χ0v) is 14.9. The summed E-state index contributed by atoms with van der Waals surface area (Å²) in [6.07, 6.45) is 0.406. The number of thioether (sulfide) groups is 1. The Hall–Kier alpha value is -1.24. The number of nitrogens with one attached hydrogen (secondary N) is 2. The minimum atomic E-state index is -0.599. The van der Waals surface area contributed by atoms with Crippen LogP contribution in [0.3, 0.4) is 0 Å². The van der Waals surface area contributed by atoms with Gasteiger partial charge in [-0.1, -0.05) is 20.8 Å². The van der Waals surface area contributed by atoms with Crippen LogP contribution in [0.15, 0.2) is 0 Å². The third kappa shape index (κ3) is 5.51. The molecule has 1 aliphatic heterocycles. The summed E-state index contributed by atoms with van der Waals surface area (Å²) in [4.78, 5) is 38.0. The number of amides is 3. The lowest BCUT2D eigenvalue weighted by molar-refractivity contribution is -0.140. The zero-order valence-electron chi connectivity index (χ0n) is 14.1. The first-order valence-electron chi connectivity index (χ1n) is 7.61. The Balaban J connectivity index is 2.64. The van der Waals surface area contributed by atoms with Crippen LogP contribution in [0.4, 0.5) is 0 Å². The van der Waals surface area contributed by atoms with Crippen LogP contribution >= 0.6 is 11.8 Å². The lowest BCUT2D eigenvalue weighted by Gasteiger charge is -2.27. The fourth-order valence-corrected chi connectivity index (χ4v) is 3.34. The van der Waals surface area contributed by atoms with Gasteiger partial charge in [-0.25, -0.2) is 0 Å². The van der Waals surface area contributed by atoms with E-state index in [1.54, 1.807) is 23.6 Å². The van der Waals surface area contributed by atoms with Crippen LogP contribution in [0.1, 0.15) is 41.0 Å². The molecule has 22 heavy (non-hydrogen) atoms. The summed E-state index contributed by atoms with van der Waals surface area (Å²) >= 11 is 1.56. The van der Waals surface area contributed by atoms with E-state index in [1.165, 1.54) is 0 Å². The number of carbonyl (C=O) groups is 3. The maximum Gasteiger partial charge on any atom is 0.244 e. The topological polar surface area (TPSA) is 78.5 Å². The van der Waals surface area contributed by atoms with Crippen LogP contribution in [-0.4, -0.2) is 52.9 Å². The van der Waals surface area contributed by atoms with E-state index < -0.39 is 12.1 Å². The highest BCUT2D eigenvalue weighted by molar-refractivity contribution is 7.99. The summed E-state index contributed by atoms with van der Waals surface area (Å²) < 4.78 is 0.